The maximum absolute atomic E-state index is 12.5. The second-order valence-corrected chi connectivity index (χ2v) is 6.54. The molecular formula is C17H24N2O2. The molecule has 4 heteroatoms. The summed E-state index contributed by atoms with van der Waals surface area (Å²) in [6.07, 6.45) is 4.42. The van der Waals surface area contributed by atoms with E-state index < -0.39 is 0 Å². The van der Waals surface area contributed by atoms with Gasteiger partial charge in [0.25, 0.3) is 0 Å². The van der Waals surface area contributed by atoms with E-state index in [9.17, 15) is 4.79 Å². The molecule has 1 aromatic carbocycles. The van der Waals surface area contributed by atoms with Crippen LogP contribution in [0.15, 0.2) is 29.4 Å². The first kappa shape index (κ1) is 15.5. The summed E-state index contributed by atoms with van der Waals surface area (Å²) in [7, 11) is 0. The van der Waals surface area contributed by atoms with Crippen molar-refractivity contribution in [2.45, 2.75) is 46.5 Å². The monoisotopic (exact) mass is 288 g/mol. The van der Waals surface area contributed by atoms with E-state index in [1.54, 1.807) is 6.92 Å². The highest BCUT2D eigenvalue weighted by atomic mass is 16.4. The first-order valence-electron chi connectivity index (χ1n) is 7.54. The van der Waals surface area contributed by atoms with Gasteiger partial charge in [0.1, 0.15) is 0 Å². The number of hydrogen-bond acceptors (Lipinski definition) is 3. The third kappa shape index (κ3) is 3.63. The van der Waals surface area contributed by atoms with Crippen LogP contribution in [-0.4, -0.2) is 16.8 Å². The molecule has 0 heterocycles. The number of hydrogen-bond donors (Lipinski definition) is 2. The zero-order valence-corrected chi connectivity index (χ0v) is 13.0. The number of anilines is 1. The van der Waals surface area contributed by atoms with Gasteiger partial charge in [-0.25, -0.2) is 0 Å². The Hall–Kier alpha value is -1.84. The van der Waals surface area contributed by atoms with Gasteiger partial charge in [-0.3, -0.25) is 4.79 Å². The molecule has 0 spiro atoms. The molecule has 2 rings (SSSR count). The summed E-state index contributed by atoms with van der Waals surface area (Å²) in [6.45, 7) is 6.10. The second kappa shape index (κ2) is 6.29. The predicted octanol–water partition coefficient (Wildman–Crippen LogP) is 4.04. The lowest BCUT2D eigenvalue weighted by atomic mass is 9.68. The van der Waals surface area contributed by atoms with Crippen molar-refractivity contribution in [1.82, 2.24) is 0 Å². The van der Waals surface area contributed by atoms with Crippen molar-refractivity contribution in [1.29, 1.82) is 0 Å². The standard InChI is InChI=1S/C17H24N2O2/c1-12(19-21)13-7-9-14(10-8-13)18-16(20)15-6-4-5-11-17(15,2)3/h7-10,15,21H,4-6,11H2,1-3H3,(H,18,20)/b19-12-. The second-order valence-electron chi connectivity index (χ2n) is 6.54. The highest BCUT2D eigenvalue weighted by Gasteiger charge is 2.37. The minimum Gasteiger partial charge on any atom is -0.411 e. The van der Waals surface area contributed by atoms with E-state index in [0.717, 1.165) is 30.5 Å². The molecule has 0 radical (unpaired) electrons. The maximum Gasteiger partial charge on any atom is 0.228 e. The van der Waals surface area contributed by atoms with Crippen LogP contribution in [0.1, 0.15) is 52.0 Å². The van der Waals surface area contributed by atoms with Crippen LogP contribution in [0.2, 0.25) is 0 Å². The molecule has 1 unspecified atom stereocenters. The highest BCUT2D eigenvalue weighted by Crippen LogP contribution is 2.41. The lowest BCUT2D eigenvalue weighted by molar-refractivity contribution is -0.124. The molecule has 0 aliphatic heterocycles. The molecule has 4 nitrogen and oxygen atoms in total. The van der Waals surface area contributed by atoms with Gasteiger partial charge in [-0.15, -0.1) is 0 Å². The summed E-state index contributed by atoms with van der Waals surface area (Å²) in [6, 6.07) is 7.38. The Labute approximate surface area is 126 Å². The minimum atomic E-state index is 0.0718. The number of rotatable bonds is 3. The molecule has 2 N–H and O–H groups in total. The molecule has 0 aromatic heterocycles. The molecule has 0 saturated heterocycles. The van der Waals surface area contributed by atoms with Gasteiger partial charge >= 0.3 is 0 Å². The number of benzene rings is 1. The van der Waals surface area contributed by atoms with Crippen molar-refractivity contribution in [2.75, 3.05) is 5.32 Å². The molecule has 21 heavy (non-hydrogen) atoms. The van der Waals surface area contributed by atoms with Gasteiger partial charge in [0.05, 0.1) is 5.71 Å². The molecule has 1 saturated carbocycles. The molecule has 114 valence electrons. The van der Waals surface area contributed by atoms with Crippen molar-refractivity contribution in [3.8, 4) is 0 Å². The van der Waals surface area contributed by atoms with Gasteiger partial charge < -0.3 is 10.5 Å². The van der Waals surface area contributed by atoms with E-state index >= 15 is 0 Å². The van der Waals surface area contributed by atoms with Gasteiger partial charge in [-0.2, -0.15) is 0 Å². The van der Waals surface area contributed by atoms with E-state index in [1.165, 1.54) is 6.42 Å². The molecule has 0 bridgehead atoms. The Morgan fingerprint density at radius 3 is 2.52 bits per heavy atom. The third-order valence-corrected chi connectivity index (χ3v) is 4.54. The van der Waals surface area contributed by atoms with Gasteiger partial charge in [0.15, 0.2) is 0 Å². The molecule has 1 amide bonds. The quantitative estimate of drug-likeness (QED) is 0.501. The summed E-state index contributed by atoms with van der Waals surface area (Å²) in [5.74, 6) is 0.187. The molecular weight excluding hydrogens is 264 g/mol. The fourth-order valence-electron chi connectivity index (χ4n) is 3.06. The van der Waals surface area contributed by atoms with E-state index in [4.69, 9.17) is 5.21 Å². The van der Waals surface area contributed by atoms with Crippen molar-refractivity contribution in [3.63, 3.8) is 0 Å². The Morgan fingerprint density at radius 2 is 1.95 bits per heavy atom. The number of nitrogens with one attached hydrogen (secondary N) is 1. The number of carbonyl (C=O) groups excluding carboxylic acids is 1. The number of amides is 1. The van der Waals surface area contributed by atoms with Gasteiger partial charge in [-0.1, -0.05) is 44.0 Å². The van der Waals surface area contributed by atoms with Gasteiger partial charge in [0, 0.05) is 11.6 Å². The van der Waals surface area contributed by atoms with Crippen LogP contribution in [0.25, 0.3) is 0 Å². The maximum atomic E-state index is 12.5. The summed E-state index contributed by atoms with van der Waals surface area (Å²) < 4.78 is 0. The fourth-order valence-corrected chi connectivity index (χ4v) is 3.06. The zero-order chi connectivity index (χ0) is 15.5. The van der Waals surface area contributed by atoms with Crippen LogP contribution in [0.4, 0.5) is 5.69 Å². The lowest BCUT2D eigenvalue weighted by Gasteiger charge is -2.37. The smallest absolute Gasteiger partial charge is 0.228 e. The molecule has 1 aromatic rings. The first-order valence-corrected chi connectivity index (χ1v) is 7.54. The number of carbonyl (C=O) groups is 1. The Bertz CT molecular complexity index is 532. The van der Waals surface area contributed by atoms with E-state index in [-0.39, 0.29) is 17.2 Å². The van der Waals surface area contributed by atoms with Crippen molar-refractivity contribution >= 4 is 17.3 Å². The molecule has 1 aliphatic rings. The first-order chi connectivity index (χ1) is 9.94. The zero-order valence-electron chi connectivity index (χ0n) is 13.0. The summed E-state index contributed by atoms with van der Waals surface area (Å²) in [5, 5.41) is 14.9. The highest BCUT2D eigenvalue weighted by molar-refractivity contribution is 5.99. The third-order valence-electron chi connectivity index (χ3n) is 4.54. The minimum absolute atomic E-state index is 0.0718. The van der Waals surface area contributed by atoms with Crippen LogP contribution >= 0.6 is 0 Å². The number of oxime groups is 1. The largest absolute Gasteiger partial charge is 0.411 e. The van der Waals surface area contributed by atoms with Crippen molar-refractivity contribution in [2.24, 2.45) is 16.5 Å². The summed E-state index contributed by atoms with van der Waals surface area (Å²) >= 11 is 0. The van der Waals surface area contributed by atoms with Gasteiger partial charge in [-0.05, 0) is 42.9 Å². The van der Waals surface area contributed by atoms with Crippen LogP contribution in [0.3, 0.4) is 0 Å². The predicted molar refractivity (Wildman–Crippen MR) is 84.8 cm³/mol. The van der Waals surface area contributed by atoms with E-state index in [1.807, 2.05) is 24.3 Å². The van der Waals surface area contributed by atoms with Crippen LogP contribution in [0, 0.1) is 11.3 Å². The van der Waals surface area contributed by atoms with Gasteiger partial charge in [0.2, 0.25) is 5.91 Å². The topological polar surface area (TPSA) is 61.7 Å². The average Bonchev–Trinajstić information content (AvgIpc) is 2.46. The van der Waals surface area contributed by atoms with E-state index in [0.29, 0.717) is 5.71 Å². The lowest BCUT2D eigenvalue weighted by Crippen LogP contribution is -2.37. The summed E-state index contributed by atoms with van der Waals surface area (Å²) in [5.41, 5.74) is 2.26. The Kier molecular flexibility index (Phi) is 4.66. The fraction of sp³-hybridized carbons (Fsp3) is 0.529. The Morgan fingerprint density at radius 1 is 1.29 bits per heavy atom. The average molecular weight is 288 g/mol. The Balaban J connectivity index is 2.05. The SMILES string of the molecule is C/C(=N/O)c1ccc(NC(=O)C2CCCCC2(C)C)cc1. The van der Waals surface area contributed by atoms with Crippen LogP contribution in [0.5, 0.6) is 0 Å². The van der Waals surface area contributed by atoms with Crippen LogP contribution < -0.4 is 5.32 Å². The van der Waals surface area contributed by atoms with E-state index in [2.05, 4.69) is 24.3 Å². The molecule has 1 aliphatic carbocycles. The molecule has 1 fully saturated rings. The summed E-state index contributed by atoms with van der Waals surface area (Å²) in [4.78, 5) is 12.5. The van der Waals surface area contributed by atoms with Crippen molar-refractivity contribution < 1.29 is 10.0 Å². The normalized spacial score (nSPS) is 21.9. The van der Waals surface area contributed by atoms with Crippen LogP contribution in [-0.2, 0) is 4.79 Å². The molecule has 1 atom stereocenters. The number of nitrogens with zero attached hydrogens (tertiary/aromatic N) is 1. The van der Waals surface area contributed by atoms with Crippen molar-refractivity contribution in [3.05, 3.63) is 29.8 Å².